The van der Waals surface area contributed by atoms with Gasteiger partial charge in [0.1, 0.15) is 0 Å². The standard InChI is InChI=1S/C23H31N3O/c1-2-3-4-5-6-7-8-12-17-22(27)25-26-23(20-14-10-9-11-15-20)21-16-13-18-24-19-21/h9-11,13-16,18-19H,2-8,12,17H2,1H3,(H,25,27). The third-order valence-corrected chi connectivity index (χ3v) is 4.53. The second-order valence-electron chi connectivity index (χ2n) is 6.83. The van der Waals surface area contributed by atoms with Crippen LogP contribution in [0.4, 0.5) is 0 Å². The number of amides is 1. The van der Waals surface area contributed by atoms with Gasteiger partial charge in [-0.3, -0.25) is 9.78 Å². The quantitative estimate of drug-likeness (QED) is 0.307. The second-order valence-corrected chi connectivity index (χ2v) is 6.83. The predicted octanol–water partition coefficient (Wildman–Crippen LogP) is 5.48. The highest BCUT2D eigenvalue weighted by atomic mass is 16.2. The van der Waals surface area contributed by atoms with Crippen molar-refractivity contribution in [2.75, 3.05) is 0 Å². The van der Waals surface area contributed by atoms with Crippen molar-refractivity contribution in [1.29, 1.82) is 0 Å². The smallest absolute Gasteiger partial charge is 0.240 e. The summed E-state index contributed by atoms with van der Waals surface area (Å²) < 4.78 is 0. The SMILES string of the molecule is CCCCCCCCCCC(=O)NN=C(c1ccccc1)c1cccnc1. The van der Waals surface area contributed by atoms with Crippen molar-refractivity contribution >= 4 is 11.6 Å². The van der Waals surface area contributed by atoms with E-state index in [4.69, 9.17) is 0 Å². The largest absolute Gasteiger partial charge is 0.273 e. The molecule has 1 aromatic heterocycles. The average molecular weight is 366 g/mol. The molecule has 0 saturated heterocycles. The van der Waals surface area contributed by atoms with Crippen LogP contribution in [0.2, 0.25) is 0 Å². The summed E-state index contributed by atoms with van der Waals surface area (Å²) in [6.07, 6.45) is 13.8. The number of hydrogen-bond acceptors (Lipinski definition) is 3. The second kappa shape index (κ2) is 12.8. The van der Waals surface area contributed by atoms with Gasteiger partial charge in [-0.05, 0) is 18.6 Å². The lowest BCUT2D eigenvalue weighted by Crippen LogP contribution is -2.20. The lowest BCUT2D eigenvalue weighted by molar-refractivity contribution is -0.121. The zero-order valence-electron chi connectivity index (χ0n) is 16.4. The molecule has 0 radical (unpaired) electrons. The number of unbranched alkanes of at least 4 members (excludes halogenated alkanes) is 7. The van der Waals surface area contributed by atoms with Crippen LogP contribution in [0.15, 0.2) is 60.0 Å². The molecule has 0 unspecified atom stereocenters. The van der Waals surface area contributed by atoms with Gasteiger partial charge < -0.3 is 0 Å². The monoisotopic (exact) mass is 365 g/mol. The fraction of sp³-hybridized carbons (Fsp3) is 0.435. The molecule has 4 heteroatoms. The van der Waals surface area contributed by atoms with Gasteiger partial charge in [0.2, 0.25) is 5.91 Å². The molecule has 0 aliphatic heterocycles. The number of hydrogen-bond donors (Lipinski definition) is 1. The molecule has 27 heavy (non-hydrogen) atoms. The summed E-state index contributed by atoms with van der Waals surface area (Å²) in [4.78, 5) is 16.3. The molecule has 0 bridgehead atoms. The number of nitrogens with zero attached hydrogens (tertiary/aromatic N) is 2. The minimum absolute atomic E-state index is 0.0293. The maximum atomic E-state index is 12.2. The fourth-order valence-electron chi connectivity index (χ4n) is 2.99. The van der Waals surface area contributed by atoms with E-state index in [1.807, 2.05) is 42.5 Å². The molecule has 1 heterocycles. The highest BCUT2D eigenvalue weighted by Gasteiger charge is 2.08. The lowest BCUT2D eigenvalue weighted by atomic mass is 10.0. The fourth-order valence-corrected chi connectivity index (χ4v) is 2.99. The van der Waals surface area contributed by atoms with Gasteiger partial charge in [0.25, 0.3) is 0 Å². The maximum absolute atomic E-state index is 12.2. The lowest BCUT2D eigenvalue weighted by Gasteiger charge is -2.07. The minimum Gasteiger partial charge on any atom is -0.273 e. The van der Waals surface area contributed by atoms with E-state index in [2.05, 4.69) is 22.4 Å². The van der Waals surface area contributed by atoms with Crippen molar-refractivity contribution in [3.8, 4) is 0 Å². The molecular weight excluding hydrogens is 334 g/mol. The topological polar surface area (TPSA) is 54.4 Å². The Hall–Kier alpha value is -2.49. The van der Waals surface area contributed by atoms with E-state index in [0.29, 0.717) is 6.42 Å². The molecule has 0 atom stereocenters. The maximum Gasteiger partial charge on any atom is 0.240 e. The van der Waals surface area contributed by atoms with Gasteiger partial charge in [-0.25, -0.2) is 5.43 Å². The molecule has 4 nitrogen and oxygen atoms in total. The Morgan fingerprint density at radius 1 is 0.889 bits per heavy atom. The molecular formula is C23H31N3O. The van der Waals surface area contributed by atoms with Crippen LogP contribution in [0, 0.1) is 0 Å². The van der Waals surface area contributed by atoms with Crippen molar-refractivity contribution in [3.05, 3.63) is 66.0 Å². The van der Waals surface area contributed by atoms with Gasteiger partial charge in [-0.1, -0.05) is 82.2 Å². The van der Waals surface area contributed by atoms with Gasteiger partial charge >= 0.3 is 0 Å². The number of aromatic nitrogens is 1. The van der Waals surface area contributed by atoms with Crippen LogP contribution < -0.4 is 5.43 Å². The first-order valence-electron chi connectivity index (χ1n) is 10.1. The number of benzene rings is 1. The zero-order valence-corrected chi connectivity index (χ0v) is 16.4. The summed E-state index contributed by atoms with van der Waals surface area (Å²) in [5.41, 5.74) is 5.29. The first-order chi connectivity index (χ1) is 13.3. The van der Waals surface area contributed by atoms with Crippen LogP contribution in [-0.2, 0) is 4.79 Å². The predicted molar refractivity (Wildman–Crippen MR) is 112 cm³/mol. The third-order valence-electron chi connectivity index (χ3n) is 4.53. The van der Waals surface area contributed by atoms with Crippen molar-refractivity contribution in [1.82, 2.24) is 10.4 Å². The van der Waals surface area contributed by atoms with E-state index in [0.717, 1.165) is 29.7 Å². The summed E-state index contributed by atoms with van der Waals surface area (Å²) in [7, 11) is 0. The number of carbonyl (C=O) groups is 1. The number of rotatable bonds is 12. The number of hydrazone groups is 1. The van der Waals surface area contributed by atoms with E-state index >= 15 is 0 Å². The van der Waals surface area contributed by atoms with E-state index in [1.165, 1.54) is 38.5 Å². The molecule has 1 aromatic carbocycles. The Labute approximate surface area is 163 Å². The molecule has 0 saturated carbocycles. The summed E-state index contributed by atoms with van der Waals surface area (Å²) >= 11 is 0. The minimum atomic E-state index is -0.0293. The molecule has 0 spiro atoms. The Kier molecular flexibility index (Phi) is 9.87. The normalized spacial score (nSPS) is 11.4. The number of pyridine rings is 1. The Bertz CT molecular complexity index is 642. The van der Waals surface area contributed by atoms with E-state index in [-0.39, 0.29) is 5.91 Å². The van der Waals surface area contributed by atoms with Crippen LogP contribution in [-0.4, -0.2) is 16.6 Å². The van der Waals surface area contributed by atoms with Crippen molar-refractivity contribution in [3.63, 3.8) is 0 Å². The van der Waals surface area contributed by atoms with Crippen LogP contribution in [0.5, 0.6) is 0 Å². The molecule has 144 valence electrons. The molecule has 0 fully saturated rings. The summed E-state index contributed by atoms with van der Waals surface area (Å²) in [5.74, 6) is -0.0293. The first kappa shape index (κ1) is 20.8. The van der Waals surface area contributed by atoms with Crippen LogP contribution in [0.25, 0.3) is 0 Å². The van der Waals surface area contributed by atoms with Gasteiger partial charge in [0, 0.05) is 29.9 Å². The van der Waals surface area contributed by atoms with Crippen molar-refractivity contribution < 1.29 is 4.79 Å². The molecule has 1 N–H and O–H groups in total. The average Bonchev–Trinajstić information content (AvgIpc) is 2.72. The number of nitrogens with one attached hydrogen (secondary N) is 1. The molecule has 0 aliphatic carbocycles. The highest BCUT2D eigenvalue weighted by Crippen LogP contribution is 2.11. The van der Waals surface area contributed by atoms with Crippen LogP contribution in [0.1, 0.15) is 75.8 Å². The zero-order chi connectivity index (χ0) is 19.2. The van der Waals surface area contributed by atoms with Gasteiger partial charge in [0.05, 0.1) is 5.71 Å². The van der Waals surface area contributed by atoms with Crippen LogP contribution >= 0.6 is 0 Å². The third kappa shape index (κ3) is 8.16. The van der Waals surface area contributed by atoms with E-state index < -0.39 is 0 Å². The summed E-state index contributed by atoms with van der Waals surface area (Å²) in [6, 6.07) is 13.7. The highest BCUT2D eigenvalue weighted by molar-refractivity contribution is 6.12. The van der Waals surface area contributed by atoms with Gasteiger partial charge in [-0.2, -0.15) is 5.10 Å². The van der Waals surface area contributed by atoms with Gasteiger partial charge in [0.15, 0.2) is 0 Å². The Balaban J connectivity index is 1.81. The first-order valence-corrected chi connectivity index (χ1v) is 10.1. The van der Waals surface area contributed by atoms with E-state index in [1.54, 1.807) is 12.4 Å². The Morgan fingerprint density at radius 2 is 1.56 bits per heavy atom. The van der Waals surface area contributed by atoms with Crippen molar-refractivity contribution in [2.24, 2.45) is 5.10 Å². The van der Waals surface area contributed by atoms with E-state index in [9.17, 15) is 4.79 Å². The molecule has 2 aromatic rings. The van der Waals surface area contributed by atoms with Crippen molar-refractivity contribution in [2.45, 2.75) is 64.7 Å². The Morgan fingerprint density at radius 3 is 2.22 bits per heavy atom. The molecule has 0 aliphatic rings. The molecule has 1 amide bonds. The number of carbonyl (C=O) groups excluding carboxylic acids is 1. The van der Waals surface area contributed by atoms with Crippen LogP contribution in [0.3, 0.4) is 0 Å². The summed E-state index contributed by atoms with van der Waals surface area (Å²) in [6.45, 7) is 2.23. The molecule has 2 rings (SSSR count). The van der Waals surface area contributed by atoms with Gasteiger partial charge in [-0.15, -0.1) is 0 Å². The summed E-state index contributed by atoms with van der Waals surface area (Å²) in [5, 5.41) is 4.39.